The second-order valence-electron chi connectivity index (χ2n) is 10.2. The van der Waals surface area contributed by atoms with E-state index in [2.05, 4.69) is 47.1 Å². The first-order valence-electron chi connectivity index (χ1n) is 11.7. The molecule has 1 aromatic heterocycles. The van der Waals surface area contributed by atoms with Crippen LogP contribution < -0.4 is 20.3 Å². The van der Waals surface area contributed by atoms with Crippen molar-refractivity contribution in [2.75, 3.05) is 18.5 Å². The number of aromatic nitrogens is 2. The van der Waals surface area contributed by atoms with Crippen LogP contribution in [-0.2, 0) is 17.8 Å². The Morgan fingerprint density at radius 2 is 2.00 bits per heavy atom. The molecule has 3 saturated carbocycles. The molecule has 0 amide bonds. The summed E-state index contributed by atoms with van der Waals surface area (Å²) in [6.45, 7) is 8.00. The van der Waals surface area contributed by atoms with Gasteiger partial charge in [-0.1, -0.05) is 26.8 Å². The molecule has 2 bridgehead atoms. The van der Waals surface area contributed by atoms with Crippen molar-refractivity contribution in [1.82, 2.24) is 9.78 Å². The molecule has 6 rings (SSSR count). The lowest BCUT2D eigenvalue weighted by molar-refractivity contribution is -0.119. The number of fused-ring (bicyclic) bond motifs is 3. The van der Waals surface area contributed by atoms with Crippen molar-refractivity contribution in [3.63, 3.8) is 0 Å². The van der Waals surface area contributed by atoms with E-state index in [1.165, 1.54) is 11.1 Å². The van der Waals surface area contributed by atoms with Crippen LogP contribution in [0.15, 0.2) is 33.7 Å². The minimum absolute atomic E-state index is 0.0790. The summed E-state index contributed by atoms with van der Waals surface area (Å²) >= 11 is 3.45. The summed E-state index contributed by atoms with van der Waals surface area (Å²) in [4.78, 5) is 25.6. The van der Waals surface area contributed by atoms with Gasteiger partial charge in [0.25, 0.3) is 5.56 Å². The molecule has 1 aliphatic heterocycles. The SMILES string of the molecule is C[C@@H]1[C@H]2C[C@@H](C[C@H]1Nc1cnn(CC(=O)Cc3ccc4c(c3)OCCO4)c(=O)c1Br)C2(C)C. The zero-order valence-electron chi connectivity index (χ0n) is 19.3. The van der Waals surface area contributed by atoms with E-state index in [0.717, 1.165) is 17.9 Å². The van der Waals surface area contributed by atoms with Gasteiger partial charge >= 0.3 is 0 Å². The molecule has 4 aliphatic rings. The van der Waals surface area contributed by atoms with Gasteiger partial charge in [-0.3, -0.25) is 9.59 Å². The standard InChI is InChI=1S/C25H30BrN3O4/c1-14-18-10-16(25(18,2)3)11-19(14)28-20-12-27-29(24(31)23(20)26)13-17(30)8-15-4-5-21-22(9-15)33-7-6-32-21/h4-5,9,12,14,16,18-19,28H,6-8,10-11,13H2,1-3H3/t14-,16+,18-,19-/m1/s1. The lowest BCUT2D eigenvalue weighted by atomic mass is 9.45. The quantitative estimate of drug-likeness (QED) is 0.624. The Bertz CT molecular complexity index is 1140. The van der Waals surface area contributed by atoms with E-state index in [1.54, 1.807) is 6.20 Å². The van der Waals surface area contributed by atoms with Crippen LogP contribution in [0, 0.1) is 23.2 Å². The maximum absolute atomic E-state index is 12.9. The number of anilines is 1. The fourth-order valence-corrected chi connectivity index (χ4v) is 6.29. The number of ether oxygens (including phenoxy) is 2. The normalized spacial score (nSPS) is 26.9. The summed E-state index contributed by atoms with van der Waals surface area (Å²) in [6.07, 6.45) is 4.26. The van der Waals surface area contributed by atoms with Gasteiger partial charge in [0.15, 0.2) is 17.3 Å². The summed E-state index contributed by atoms with van der Waals surface area (Å²) in [6, 6.07) is 5.81. The number of carbonyl (C=O) groups is 1. The number of carbonyl (C=O) groups excluding carboxylic acids is 1. The number of nitrogens with one attached hydrogen (secondary N) is 1. The van der Waals surface area contributed by atoms with Gasteiger partial charge in [0, 0.05) is 12.5 Å². The zero-order chi connectivity index (χ0) is 23.3. The van der Waals surface area contributed by atoms with Crippen LogP contribution in [0.3, 0.4) is 0 Å². The van der Waals surface area contributed by atoms with E-state index in [-0.39, 0.29) is 24.3 Å². The molecule has 4 atom stereocenters. The topological polar surface area (TPSA) is 82.5 Å². The summed E-state index contributed by atoms with van der Waals surface area (Å²) in [5.41, 5.74) is 1.63. The van der Waals surface area contributed by atoms with Gasteiger partial charge in [-0.2, -0.15) is 5.10 Å². The number of benzene rings is 1. The van der Waals surface area contributed by atoms with Gasteiger partial charge in [-0.25, -0.2) is 4.68 Å². The first-order valence-corrected chi connectivity index (χ1v) is 12.5. The maximum Gasteiger partial charge on any atom is 0.283 e. The highest BCUT2D eigenvalue weighted by atomic mass is 79.9. The highest BCUT2D eigenvalue weighted by Gasteiger charge is 2.56. The molecule has 3 aliphatic carbocycles. The van der Waals surface area contributed by atoms with E-state index >= 15 is 0 Å². The number of Topliss-reactive ketones (excluding diaryl/α,β-unsaturated/α-hetero) is 1. The molecular formula is C25H30BrN3O4. The Morgan fingerprint density at radius 1 is 1.24 bits per heavy atom. The minimum Gasteiger partial charge on any atom is -0.486 e. The third-order valence-electron chi connectivity index (χ3n) is 8.01. The number of hydrogen-bond acceptors (Lipinski definition) is 6. The second kappa shape index (κ2) is 8.46. The Morgan fingerprint density at radius 3 is 2.73 bits per heavy atom. The Labute approximate surface area is 202 Å². The molecule has 0 spiro atoms. The van der Waals surface area contributed by atoms with E-state index in [4.69, 9.17) is 9.47 Å². The van der Waals surface area contributed by atoms with Gasteiger partial charge in [-0.15, -0.1) is 0 Å². The predicted octanol–water partition coefficient (Wildman–Crippen LogP) is 4.07. The highest BCUT2D eigenvalue weighted by Crippen LogP contribution is 2.61. The van der Waals surface area contributed by atoms with Gasteiger partial charge in [0.05, 0.1) is 11.9 Å². The van der Waals surface area contributed by atoms with Crippen molar-refractivity contribution in [3.05, 3.63) is 44.8 Å². The number of hydrogen-bond donors (Lipinski definition) is 1. The average Bonchev–Trinajstić information content (AvgIpc) is 2.79. The molecule has 1 aromatic carbocycles. The molecule has 1 N–H and O–H groups in total. The number of nitrogens with zero attached hydrogens (tertiary/aromatic N) is 2. The van der Waals surface area contributed by atoms with E-state index < -0.39 is 0 Å². The van der Waals surface area contributed by atoms with Crippen molar-refractivity contribution in [2.45, 2.75) is 52.6 Å². The van der Waals surface area contributed by atoms with Crippen LogP contribution >= 0.6 is 15.9 Å². The van der Waals surface area contributed by atoms with Gasteiger partial charge in [-0.05, 0) is 69.6 Å². The molecule has 176 valence electrons. The van der Waals surface area contributed by atoms with Crippen LogP contribution in [-0.4, -0.2) is 34.8 Å². The second-order valence-corrected chi connectivity index (χ2v) is 11.0. The third-order valence-corrected chi connectivity index (χ3v) is 8.78. The summed E-state index contributed by atoms with van der Waals surface area (Å²) in [5.74, 6) is 3.21. The molecule has 3 fully saturated rings. The van der Waals surface area contributed by atoms with Crippen molar-refractivity contribution < 1.29 is 14.3 Å². The summed E-state index contributed by atoms with van der Waals surface area (Å²) in [7, 11) is 0. The molecular weight excluding hydrogens is 486 g/mol. The fourth-order valence-electron chi connectivity index (χ4n) is 5.87. The average molecular weight is 516 g/mol. The first-order chi connectivity index (χ1) is 15.7. The zero-order valence-corrected chi connectivity index (χ0v) is 20.9. The van der Waals surface area contributed by atoms with Crippen molar-refractivity contribution >= 4 is 27.4 Å². The molecule has 0 radical (unpaired) electrons. The molecule has 7 nitrogen and oxygen atoms in total. The van der Waals surface area contributed by atoms with E-state index in [9.17, 15) is 9.59 Å². The number of rotatable bonds is 6. The van der Waals surface area contributed by atoms with Crippen LogP contribution in [0.25, 0.3) is 0 Å². The number of halogens is 1. The third kappa shape index (κ3) is 4.07. The lowest BCUT2D eigenvalue weighted by Crippen LogP contribution is -2.58. The molecule has 2 aromatic rings. The van der Waals surface area contributed by atoms with Crippen molar-refractivity contribution in [2.24, 2.45) is 23.2 Å². The van der Waals surface area contributed by atoms with Crippen molar-refractivity contribution in [1.29, 1.82) is 0 Å². The highest BCUT2D eigenvalue weighted by molar-refractivity contribution is 9.10. The Hall–Kier alpha value is -2.35. The van der Waals surface area contributed by atoms with Crippen LogP contribution in [0.5, 0.6) is 11.5 Å². The maximum atomic E-state index is 12.9. The Kier molecular flexibility index (Phi) is 5.75. The summed E-state index contributed by atoms with van der Waals surface area (Å²) < 4.78 is 12.8. The monoisotopic (exact) mass is 515 g/mol. The first kappa shape index (κ1) is 22.4. The number of ketones is 1. The fraction of sp³-hybridized carbons (Fsp3) is 0.560. The van der Waals surface area contributed by atoms with Gasteiger partial charge in [0.1, 0.15) is 24.2 Å². The van der Waals surface area contributed by atoms with Crippen LogP contribution in [0.4, 0.5) is 5.69 Å². The van der Waals surface area contributed by atoms with Crippen LogP contribution in [0.1, 0.15) is 39.2 Å². The molecule has 33 heavy (non-hydrogen) atoms. The van der Waals surface area contributed by atoms with Gasteiger partial charge < -0.3 is 14.8 Å². The van der Waals surface area contributed by atoms with Crippen LogP contribution in [0.2, 0.25) is 0 Å². The molecule has 8 heteroatoms. The largest absolute Gasteiger partial charge is 0.486 e. The van der Waals surface area contributed by atoms with E-state index in [1.807, 2.05) is 18.2 Å². The molecule has 0 unspecified atom stereocenters. The lowest BCUT2D eigenvalue weighted by Gasteiger charge is -2.62. The Balaban J connectivity index is 1.24. The van der Waals surface area contributed by atoms with Crippen molar-refractivity contribution in [3.8, 4) is 11.5 Å². The minimum atomic E-state index is -0.301. The predicted molar refractivity (Wildman–Crippen MR) is 129 cm³/mol. The smallest absolute Gasteiger partial charge is 0.283 e. The summed E-state index contributed by atoms with van der Waals surface area (Å²) in [5, 5.41) is 7.84. The molecule has 0 saturated heterocycles. The molecule has 2 heterocycles. The van der Waals surface area contributed by atoms with Gasteiger partial charge in [0.2, 0.25) is 0 Å². The van der Waals surface area contributed by atoms with E-state index in [0.29, 0.717) is 58.2 Å².